The molecule has 2 aliphatic rings. The molecule has 0 radical (unpaired) electrons. The van der Waals surface area contributed by atoms with Crippen molar-refractivity contribution in [3.63, 3.8) is 0 Å². The maximum Gasteiger partial charge on any atom is 0.0590 e. The van der Waals surface area contributed by atoms with Gasteiger partial charge in [0.15, 0.2) is 0 Å². The summed E-state index contributed by atoms with van der Waals surface area (Å²) in [6.07, 6.45) is 5.88. The molecule has 2 bridgehead atoms. The zero-order valence-corrected chi connectivity index (χ0v) is 8.59. The first-order chi connectivity index (χ1) is 6.40. The lowest BCUT2D eigenvalue weighted by Crippen LogP contribution is -2.36. The molecule has 1 N–H and O–H groups in total. The molecule has 13 heavy (non-hydrogen) atoms. The average molecular weight is 183 g/mol. The number of nitrogens with one attached hydrogen (secondary N) is 1. The fourth-order valence-corrected chi connectivity index (χ4v) is 2.96. The molecule has 0 spiro atoms. The third kappa shape index (κ3) is 2.23. The van der Waals surface area contributed by atoms with Crippen molar-refractivity contribution in [3.8, 4) is 0 Å². The van der Waals surface area contributed by atoms with Gasteiger partial charge in [0.25, 0.3) is 0 Å². The van der Waals surface area contributed by atoms with Gasteiger partial charge in [-0.15, -0.1) is 0 Å². The largest absolute Gasteiger partial charge is 0.380 e. The zero-order valence-electron chi connectivity index (χ0n) is 8.59. The van der Waals surface area contributed by atoms with Crippen LogP contribution in [-0.4, -0.2) is 25.8 Å². The van der Waals surface area contributed by atoms with Gasteiger partial charge in [0.05, 0.1) is 6.61 Å². The molecule has 0 amide bonds. The smallest absolute Gasteiger partial charge is 0.0590 e. The predicted octanol–water partition coefficient (Wildman–Crippen LogP) is 1.80. The maximum absolute atomic E-state index is 5.31. The molecule has 2 nitrogen and oxygen atoms in total. The molecule has 0 aliphatic heterocycles. The van der Waals surface area contributed by atoms with Crippen molar-refractivity contribution >= 4 is 0 Å². The van der Waals surface area contributed by atoms with E-state index in [0.717, 1.165) is 37.6 Å². The lowest BCUT2D eigenvalue weighted by atomic mass is 9.95. The molecule has 3 unspecified atom stereocenters. The fourth-order valence-electron chi connectivity index (χ4n) is 2.96. The summed E-state index contributed by atoms with van der Waals surface area (Å²) in [5.74, 6) is 2.04. The molecular weight excluding hydrogens is 162 g/mol. The van der Waals surface area contributed by atoms with Gasteiger partial charge in [-0.25, -0.2) is 0 Å². The minimum atomic E-state index is 0.819. The molecule has 76 valence electrons. The Labute approximate surface area is 81.0 Å². The van der Waals surface area contributed by atoms with E-state index in [0.29, 0.717) is 0 Å². The van der Waals surface area contributed by atoms with E-state index in [-0.39, 0.29) is 0 Å². The van der Waals surface area contributed by atoms with Crippen molar-refractivity contribution in [2.45, 2.75) is 38.6 Å². The Balaban J connectivity index is 1.60. The minimum absolute atomic E-state index is 0.819. The minimum Gasteiger partial charge on any atom is -0.380 e. The molecule has 3 atom stereocenters. The summed E-state index contributed by atoms with van der Waals surface area (Å²) in [5.41, 5.74) is 0. The van der Waals surface area contributed by atoms with Gasteiger partial charge in [0.2, 0.25) is 0 Å². The van der Waals surface area contributed by atoms with Crippen molar-refractivity contribution < 1.29 is 4.74 Å². The molecule has 2 saturated carbocycles. The molecule has 0 heterocycles. The lowest BCUT2D eigenvalue weighted by Gasteiger charge is -2.22. The number of ether oxygens (including phenoxy) is 1. The first kappa shape index (κ1) is 9.47. The van der Waals surface area contributed by atoms with Gasteiger partial charge in [-0.1, -0.05) is 6.42 Å². The highest BCUT2D eigenvalue weighted by Gasteiger charge is 2.38. The van der Waals surface area contributed by atoms with Crippen LogP contribution in [0.25, 0.3) is 0 Å². The van der Waals surface area contributed by atoms with Crippen LogP contribution in [0, 0.1) is 11.8 Å². The third-order valence-corrected chi connectivity index (χ3v) is 3.60. The lowest BCUT2D eigenvalue weighted by molar-refractivity contribution is 0.144. The van der Waals surface area contributed by atoms with Crippen molar-refractivity contribution in [2.75, 3.05) is 19.8 Å². The summed E-state index contributed by atoms with van der Waals surface area (Å²) in [5, 5.41) is 3.62. The first-order valence-electron chi connectivity index (χ1n) is 5.71. The number of hydrogen-bond donors (Lipinski definition) is 1. The Morgan fingerprint density at radius 2 is 2.23 bits per heavy atom. The number of fused-ring (bicyclic) bond motifs is 2. The van der Waals surface area contributed by atoms with Gasteiger partial charge in [-0.05, 0) is 38.0 Å². The fraction of sp³-hybridized carbons (Fsp3) is 1.00. The van der Waals surface area contributed by atoms with E-state index in [1.807, 2.05) is 0 Å². The van der Waals surface area contributed by atoms with E-state index in [4.69, 9.17) is 4.74 Å². The summed E-state index contributed by atoms with van der Waals surface area (Å²) in [6, 6.07) is 0.819. The highest BCUT2D eigenvalue weighted by molar-refractivity contribution is 4.93. The van der Waals surface area contributed by atoms with E-state index in [1.165, 1.54) is 25.7 Å². The standard InChI is InChI=1S/C11H21NO/c1-2-13-6-5-12-11-8-9-3-4-10(11)7-9/h9-12H,2-8H2,1H3. The summed E-state index contributed by atoms with van der Waals surface area (Å²) in [4.78, 5) is 0. The second-order valence-electron chi connectivity index (χ2n) is 4.43. The molecule has 0 aromatic heterocycles. The number of rotatable bonds is 5. The van der Waals surface area contributed by atoms with Crippen LogP contribution in [0.5, 0.6) is 0 Å². The molecule has 0 aromatic rings. The van der Waals surface area contributed by atoms with Crippen molar-refractivity contribution in [3.05, 3.63) is 0 Å². The van der Waals surface area contributed by atoms with E-state index in [2.05, 4.69) is 12.2 Å². The SMILES string of the molecule is CCOCCNC1CC2CCC1C2. The van der Waals surface area contributed by atoms with Crippen LogP contribution in [0.4, 0.5) is 0 Å². The van der Waals surface area contributed by atoms with Gasteiger partial charge >= 0.3 is 0 Å². The first-order valence-corrected chi connectivity index (χ1v) is 5.71. The van der Waals surface area contributed by atoms with Crippen LogP contribution in [-0.2, 0) is 4.74 Å². The summed E-state index contributed by atoms with van der Waals surface area (Å²) < 4.78 is 5.31. The quantitative estimate of drug-likeness (QED) is 0.656. The molecule has 2 fully saturated rings. The molecule has 0 saturated heterocycles. The highest BCUT2D eigenvalue weighted by atomic mass is 16.5. The van der Waals surface area contributed by atoms with Gasteiger partial charge in [0, 0.05) is 19.2 Å². The summed E-state index contributed by atoms with van der Waals surface area (Å²) >= 11 is 0. The third-order valence-electron chi connectivity index (χ3n) is 3.60. The normalized spacial score (nSPS) is 37.2. The van der Waals surface area contributed by atoms with E-state index in [9.17, 15) is 0 Å². The Morgan fingerprint density at radius 1 is 1.31 bits per heavy atom. The van der Waals surface area contributed by atoms with E-state index < -0.39 is 0 Å². The molecule has 2 rings (SSSR count). The van der Waals surface area contributed by atoms with Gasteiger partial charge in [-0.3, -0.25) is 0 Å². The molecule has 2 heteroatoms. The zero-order chi connectivity index (χ0) is 9.10. The molecular formula is C11H21NO. The van der Waals surface area contributed by atoms with Gasteiger partial charge in [-0.2, -0.15) is 0 Å². The van der Waals surface area contributed by atoms with Crippen LogP contribution >= 0.6 is 0 Å². The molecule has 0 aromatic carbocycles. The summed E-state index contributed by atoms with van der Waals surface area (Å²) in [7, 11) is 0. The highest BCUT2D eigenvalue weighted by Crippen LogP contribution is 2.44. The van der Waals surface area contributed by atoms with Crippen molar-refractivity contribution in [1.29, 1.82) is 0 Å². The average Bonchev–Trinajstić information content (AvgIpc) is 2.73. The Kier molecular flexibility index (Phi) is 3.23. The Bertz CT molecular complexity index is 160. The number of hydrogen-bond acceptors (Lipinski definition) is 2. The Hall–Kier alpha value is -0.0800. The van der Waals surface area contributed by atoms with Crippen LogP contribution in [0.3, 0.4) is 0 Å². The second-order valence-corrected chi connectivity index (χ2v) is 4.43. The monoisotopic (exact) mass is 183 g/mol. The van der Waals surface area contributed by atoms with E-state index >= 15 is 0 Å². The summed E-state index contributed by atoms with van der Waals surface area (Å²) in [6.45, 7) is 4.82. The maximum atomic E-state index is 5.31. The molecule has 2 aliphatic carbocycles. The van der Waals surface area contributed by atoms with Gasteiger partial charge in [0.1, 0.15) is 0 Å². The topological polar surface area (TPSA) is 21.3 Å². The predicted molar refractivity (Wildman–Crippen MR) is 53.7 cm³/mol. The van der Waals surface area contributed by atoms with E-state index in [1.54, 1.807) is 0 Å². The van der Waals surface area contributed by atoms with Crippen LogP contribution in [0.15, 0.2) is 0 Å². The van der Waals surface area contributed by atoms with Crippen LogP contribution in [0.1, 0.15) is 32.6 Å². The van der Waals surface area contributed by atoms with Gasteiger partial charge < -0.3 is 10.1 Å². The Morgan fingerprint density at radius 3 is 2.85 bits per heavy atom. The van der Waals surface area contributed by atoms with Crippen molar-refractivity contribution in [1.82, 2.24) is 5.32 Å². The second kappa shape index (κ2) is 4.43. The van der Waals surface area contributed by atoms with Crippen LogP contribution in [0.2, 0.25) is 0 Å². The van der Waals surface area contributed by atoms with Crippen molar-refractivity contribution in [2.24, 2.45) is 11.8 Å². The van der Waals surface area contributed by atoms with Crippen LogP contribution < -0.4 is 5.32 Å².